The van der Waals surface area contributed by atoms with Gasteiger partial charge in [-0.15, -0.1) is 0 Å². The van der Waals surface area contributed by atoms with Crippen molar-refractivity contribution < 1.29 is 15.3 Å². The molecule has 3 heteroatoms. The fourth-order valence-corrected chi connectivity index (χ4v) is 11.3. The van der Waals surface area contributed by atoms with Gasteiger partial charge in [0.1, 0.15) is 0 Å². The van der Waals surface area contributed by atoms with E-state index >= 15 is 0 Å². The summed E-state index contributed by atoms with van der Waals surface area (Å²) in [5.41, 5.74) is 2.02. The average molecular weight is 461 g/mol. The Morgan fingerprint density at radius 3 is 2.15 bits per heavy atom. The summed E-state index contributed by atoms with van der Waals surface area (Å²) < 4.78 is 0. The Morgan fingerprint density at radius 1 is 0.788 bits per heavy atom. The lowest BCUT2D eigenvalue weighted by Crippen LogP contribution is -2.57. The summed E-state index contributed by atoms with van der Waals surface area (Å²) in [4.78, 5) is 0. The fourth-order valence-electron chi connectivity index (χ4n) is 11.3. The van der Waals surface area contributed by atoms with Crippen molar-refractivity contribution in [2.45, 2.75) is 124 Å². The first-order chi connectivity index (χ1) is 15.4. The third kappa shape index (κ3) is 3.03. The summed E-state index contributed by atoms with van der Waals surface area (Å²) >= 11 is 0. The Labute approximate surface area is 203 Å². The predicted octanol–water partition coefficient (Wildman–Crippen LogP) is 6.19. The molecule has 0 amide bonds. The van der Waals surface area contributed by atoms with Crippen LogP contribution in [0.15, 0.2) is 0 Å². The summed E-state index contributed by atoms with van der Waals surface area (Å²) in [5, 5.41) is 30.7. The second-order valence-electron chi connectivity index (χ2n) is 14.8. The monoisotopic (exact) mass is 460 g/mol. The zero-order valence-corrected chi connectivity index (χ0v) is 22.4. The third-order valence-electron chi connectivity index (χ3n) is 13.7. The van der Waals surface area contributed by atoms with Gasteiger partial charge in [-0.2, -0.15) is 0 Å². The molecule has 0 aromatic rings. The van der Waals surface area contributed by atoms with E-state index in [4.69, 9.17) is 0 Å². The summed E-state index contributed by atoms with van der Waals surface area (Å²) in [5.74, 6) is 2.95. The van der Waals surface area contributed by atoms with Crippen molar-refractivity contribution in [3.8, 4) is 0 Å². The minimum atomic E-state index is -0.376. The van der Waals surface area contributed by atoms with Gasteiger partial charge < -0.3 is 15.3 Å². The van der Waals surface area contributed by atoms with Crippen LogP contribution in [0.5, 0.6) is 0 Å². The van der Waals surface area contributed by atoms with Gasteiger partial charge in [0.05, 0.1) is 12.2 Å². The molecule has 5 aliphatic carbocycles. The smallest absolute Gasteiger partial charge is 0.0594 e. The summed E-state index contributed by atoms with van der Waals surface area (Å²) in [6.45, 7) is 14.5. The third-order valence-corrected chi connectivity index (χ3v) is 13.7. The molecule has 5 rings (SSSR count). The topological polar surface area (TPSA) is 60.7 Å². The van der Waals surface area contributed by atoms with Crippen LogP contribution in [0, 0.1) is 56.7 Å². The molecule has 5 aliphatic rings. The highest BCUT2D eigenvalue weighted by atomic mass is 16.3. The molecule has 11 atom stereocenters. The zero-order chi connectivity index (χ0) is 24.0. The van der Waals surface area contributed by atoms with Crippen molar-refractivity contribution in [3.63, 3.8) is 0 Å². The van der Waals surface area contributed by atoms with E-state index in [1.807, 2.05) is 6.92 Å². The lowest BCUT2D eigenvalue weighted by atomic mass is 9.41. The molecule has 0 unspecified atom stereocenters. The molecule has 0 heterocycles. The number of hydrogen-bond donors (Lipinski definition) is 3. The van der Waals surface area contributed by atoms with Crippen LogP contribution < -0.4 is 0 Å². The maximum absolute atomic E-state index is 10.8. The lowest BCUT2D eigenvalue weighted by molar-refractivity contribution is -0.161. The van der Waals surface area contributed by atoms with Crippen molar-refractivity contribution in [1.82, 2.24) is 0 Å². The lowest BCUT2D eigenvalue weighted by Gasteiger charge is -2.63. The summed E-state index contributed by atoms with van der Waals surface area (Å²) in [7, 11) is 0. The summed E-state index contributed by atoms with van der Waals surface area (Å²) in [6, 6.07) is 0. The van der Waals surface area contributed by atoms with Crippen LogP contribution in [-0.2, 0) is 0 Å². The highest BCUT2D eigenvalue weighted by Gasteiger charge is 2.82. The highest BCUT2D eigenvalue weighted by Crippen LogP contribution is 2.89. The van der Waals surface area contributed by atoms with Crippen LogP contribution >= 0.6 is 0 Å². The van der Waals surface area contributed by atoms with Gasteiger partial charge in [0.2, 0.25) is 0 Å². The van der Waals surface area contributed by atoms with Crippen LogP contribution in [0.2, 0.25) is 0 Å². The molecule has 33 heavy (non-hydrogen) atoms. The molecule has 0 saturated heterocycles. The molecule has 0 aromatic heterocycles. The van der Waals surface area contributed by atoms with Gasteiger partial charge in [0.15, 0.2) is 0 Å². The molecular formula is C30H52O3. The second-order valence-corrected chi connectivity index (χ2v) is 14.8. The van der Waals surface area contributed by atoms with E-state index in [1.165, 1.54) is 51.4 Å². The molecule has 5 fully saturated rings. The van der Waals surface area contributed by atoms with Gasteiger partial charge in [-0.05, 0) is 121 Å². The molecule has 5 saturated carbocycles. The SMILES string of the molecule is C[C@H](CC[C@H](O)[C@H](C)CO)[C@H]1CC[C@@]2(C)[C@@H]3CC[C@H]4C(C)(C)[C@@H](O)CC[C@@]45C[C@@]35CC[C@]12C. The van der Waals surface area contributed by atoms with Crippen LogP contribution in [-0.4, -0.2) is 34.1 Å². The van der Waals surface area contributed by atoms with Gasteiger partial charge in [-0.1, -0.05) is 41.5 Å². The number of rotatable bonds is 6. The molecule has 0 aliphatic heterocycles. The van der Waals surface area contributed by atoms with Crippen molar-refractivity contribution in [2.75, 3.05) is 6.61 Å². The van der Waals surface area contributed by atoms with Gasteiger partial charge in [0.25, 0.3) is 0 Å². The van der Waals surface area contributed by atoms with Crippen molar-refractivity contribution in [1.29, 1.82) is 0 Å². The van der Waals surface area contributed by atoms with Crippen molar-refractivity contribution in [2.24, 2.45) is 56.7 Å². The van der Waals surface area contributed by atoms with Crippen LogP contribution in [0.1, 0.15) is 112 Å². The Kier molecular flexibility index (Phi) is 5.72. The standard InChI is InChI=1S/C30H52O3/c1-19(7-8-22(32)20(2)17-31)21-11-13-28(6)24-10-9-23-26(3,4)25(33)12-14-29(23)18-30(24,29)16-15-27(21,28)5/h19-25,31-33H,7-18H2,1-6H3/t19-,20-,21-,22+,23+,24+,25+,27-,28+,29-,30+/m1/s1. The molecule has 0 bridgehead atoms. The van der Waals surface area contributed by atoms with E-state index in [9.17, 15) is 15.3 Å². The Balaban J connectivity index is 1.36. The quantitative estimate of drug-likeness (QED) is 0.443. The molecule has 3 N–H and O–H groups in total. The number of aliphatic hydroxyl groups is 3. The molecule has 0 radical (unpaired) electrons. The highest BCUT2D eigenvalue weighted by molar-refractivity contribution is 5.30. The van der Waals surface area contributed by atoms with Gasteiger partial charge in [-0.3, -0.25) is 0 Å². The van der Waals surface area contributed by atoms with Gasteiger partial charge >= 0.3 is 0 Å². The minimum Gasteiger partial charge on any atom is -0.396 e. The normalized spacial score (nSPS) is 52.6. The number of hydrogen-bond acceptors (Lipinski definition) is 3. The first kappa shape index (κ1) is 24.6. The van der Waals surface area contributed by atoms with Gasteiger partial charge in [-0.25, -0.2) is 0 Å². The molecule has 190 valence electrons. The van der Waals surface area contributed by atoms with E-state index < -0.39 is 0 Å². The maximum Gasteiger partial charge on any atom is 0.0594 e. The van der Waals surface area contributed by atoms with E-state index in [1.54, 1.807) is 0 Å². The van der Waals surface area contributed by atoms with Crippen LogP contribution in [0.4, 0.5) is 0 Å². The zero-order valence-electron chi connectivity index (χ0n) is 22.4. The maximum atomic E-state index is 10.8. The van der Waals surface area contributed by atoms with Crippen LogP contribution in [0.3, 0.4) is 0 Å². The van der Waals surface area contributed by atoms with Crippen molar-refractivity contribution >= 4 is 0 Å². The van der Waals surface area contributed by atoms with Crippen LogP contribution in [0.25, 0.3) is 0 Å². The molecule has 0 aromatic carbocycles. The first-order valence-electron chi connectivity index (χ1n) is 14.4. The van der Waals surface area contributed by atoms with Crippen molar-refractivity contribution in [3.05, 3.63) is 0 Å². The number of fused-ring (bicyclic) bond motifs is 2. The largest absolute Gasteiger partial charge is 0.396 e. The average Bonchev–Trinajstić information content (AvgIpc) is 3.36. The molecular weight excluding hydrogens is 408 g/mol. The first-order valence-corrected chi connectivity index (χ1v) is 14.4. The second kappa shape index (κ2) is 7.69. The summed E-state index contributed by atoms with van der Waals surface area (Å²) in [6.07, 6.45) is 13.4. The Bertz CT molecular complexity index is 764. The molecule has 3 nitrogen and oxygen atoms in total. The van der Waals surface area contributed by atoms with E-state index in [-0.39, 0.29) is 30.1 Å². The number of aliphatic hydroxyl groups excluding tert-OH is 3. The van der Waals surface area contributed by atoms with E-state index in [0.29, 0.717) is 33.5 Å². The van der Waals surface area contributed by atoms with E-state index in [0.717, 1.165) is 31.1 Å². The van der Waals surface area contributed by atoms with Gasteiger partial charge in [0, 0.05) is 12.5 Å². The fraction of sp³-hybridized carbons (Fsp3) is 1.00. The minimum absolute atomic E-state index is 0.0179. The predicted molar refractivity (Wildman–Crippen MR) is 134 cm³/mol. The Hall–Kier alpha value is -0.120. The molecule has 2 spiro atoms. The van der Waals surface area contributed by atoms with E-state index in [2.05, 4.69) is 34.6 Å². The Morgan fingerprint density at radius 2 is 1.45 bits per heavy atom.